The molecule has 0 saturated carbocycles. The first kappa shape index (κ1) is 15.3. The van der Waals surface area contributed by atoms with Crippen molar-refractivity contribution in [2.75, 3.05) is 6.54 Å². The summed E-state index contributed by atoms with van der Waals surface area (Å²) >= 11 is 0. The van der Waals surface area contributed by atoms with Crippen LogP contribution in [0.15, 0.2) is 24.3 Å². The van der Waals surface area contributed by atoms with Gasteiger partial charge in [-0.2, -0.15) is 5.10 Å². The summed E-state index contributed by atoms with van der Waals surface area (Å²) in [6.45, 7) is 5.05. The standard InChI is InChI=1S/C17H20FN3/c1-3-16-11-17(4-2)21(20-16)12-14-7-8-15(18)10-13(14)6-5-9-19/h7-8,10-11H,3-4,9,12,19H2,1-2H3. The molecule has 0 saturated heterocycles. The van der Waals surface area contributed by atoms with Crippen molar-refractivity contribution in [2.24, 2.45) is 5.73 Å². The van der Waals surface area contributed by atoms with Crippen molar-refractivity contribution in [2.45, 2.75) is 33.2 Å². The van der Waals surface area contributed by atoms with Crippen LogP contribution in [0.4, 0.5) is 4.39 Å². The maximum Gasteiger partial charge on any atom is 0.124 e. The zero-order chi connectivity index (χ0) is 15.2. The Labute approximate surface area is 125 Å². The molecule has 0 unspecified atom stereocenters. The highest BCUT2D eigenvalue weighted by Gasteiger charge is 2.09. The van der Waals surface area contributed by atoms with E-state index < -0.39 is 0 Å². The fraction of sp³-hybridized carbons (Fsp3) is 0.353. The lowest BCUT2D eigenvalue weighted by Crippen LogP contribution is -2.08. The molecule has 0 spiro atoms. The Morgan fingerprint density at radius 3 is 2.71 bits per heavy atom. The molecule has 0 atom stereocenters. The van der Waals surface area contributed by atoms with E-state index in [4.69, 9.17) is 5.73 Å². The number of hydrogen-bond acceptors (Lipinski definition) is 2. The molecule has 0 bridgehead atoms. The largest absolute Gasteiger partial charge is 0.320 e. The van der Waals surface area contributed by atoms with Gasteiger partial charge < -0.3 is 5.73 Å². The van der Waals surface area contributed by atoms with E-state index in [1.165, 1.54) is 17.8 Å². The van der Waals surface area contributed by atoms with Crippen LogP contribution >= 0.6 is 0 Å². The molecule has 21 heavy (non-hydrogen) atoms. The van der Waals surface area contributed by atoms with Gasteiger partial charge in [0.05, 0.1) is 18.8 Å². The predicted molar refractivity (Wildman–Crippen MR) is 82.4 cm³/mol. The average Bonchev–Trinajstić information content (AvgIpc) is 2.89. The quantitative estimate of drug-likeness (QED) is 0.877. The zero-order valence-electron chi connectivity index (χ0n) is 12.5. The Hall–Kier alpha value is -2.12. The normalized spacial score (nSPS) is 10.3. The first-order chi connectivity index (χ1) is 10.2. The number of rotatable bonds is 4. The molecule has 0 aliphatic carbocycles. The van der Waals surface area contributed by atoms with Crippen LogP contribution in [0, 0.1) is 17.7 Å². The number of hydrogen-bond donors (Lipinski definition) is 1. The van der Waals surface area contributed by atoms with Gasteiger partial charge in [0, 0.05) is 11.3 Å². The fourth-order valence-electron chi connectivity index (χ4n) is 2.22. The first-order valence-corrected chi connectivity index (χ1v) is 7.20. The van der Waals surface area contributed by atoms with E-state index in [2.05, 4.69) is 36.9 Å². The topological polar surface area (TPSA) is 43.8 Å². The third-order valence-corrected chi connectivity index (χ3v) is 3.36. The molecule has 0 aliphatic rings. The summed E-state index contributed by atoms with van der Waals surface area (Å²) < 4.78 is 15.4. The Balaban J connectivity index is 2.37. The van der Waals surface area contributed by atoms with Crippen LogP contribution in [-0.4, -0.2) is 16.3 Å². The third kappa shape index (κ3) is 3.71. The number of nitrogens with zero attached hydrogens (tertiary/aromatic N) is 2. The number of aryl methyl sites for hydroxylation is 2. The van der Waals surface area contributed by atoms with Crippen LogP contribution in [0.25, 0.3) is 0 Å². The van der Waals surface area contributed by atoms with E-state index in [0.717, 1.165) is 24.1 Å². The number of nitrogens with two attached hydrogens (primary N) is 1. The molecule has 1 aromatic carbocycles. The maximum atomic E-state index is 13.4. The predicted octanol–water partition coefficient (Wildman–Crippen LogP) is 2.51. The molecule has 3 nitrogen and oxygen atoms in total. The molecule has 2 N–H and O–H groups in total. The molecule has 2 rings (SSSR count). The van der Waals surface area contributed by atoms with Crippen molar-refractivity contribution in [1.82, 2.24) is 9.78 Å². The minimum atomic E-state index is -0.287. The molecule has 4 heteroatoms. The molecule has 1 heterocycles. The summed E-state index contributed by atoms with van der Waals surface area (Å²) in [4.78, 5) is 0. The highest BCUT2D eigenvalue weighted by atomic mass is 19.1. The minimum absolute atomic E-state index is 0.262. The third-order valence-electron chi connectivity index (χ3n) is 3.36. The van der Waals surface area contributed by atoms with E-state index in [9.17, 15) is 4.39 Å². The molecule has 1 aromatic heterocycles. The van der Waals surface area contributed by atoms with E-state index in [-0.39, 0.29) is 12.4 Å². The van der Waals surface area contributed by atoms with E-state index in [1.54, 1.807) is 6.07 Å². The van der Waals surface area contributed by atoms with Gasteiger partial charge in [0.25, 0.3) is 0 Å². The van der Waals surface area contributed by atoms with Crippen LogP contribution in [0.1, 0.15) is 36.4 Å². The van der Waals surface area contributed by atoms with Crippen LogP contribution in [0.2, 0.25) is 0 Å². The SMILES string of the molecule is CCc1cc(CC)n(Cc2ccc(F)cc2C#CCN)n1. The smallest absolute Gasteiger partial charge is 0.124 e. The van der Waals surface area contributed by atoms with Gasteiger partial charge in [-0.15, -0.1) is 0 Å². The van der Waals surface area contributed by atoms with Gasteiger partial charge in [0.2, 0.25) is 0 Å². The minimum Gasteiger partial charge on any atom is -0.320 e. The van der Waals surface area contributed by atoms with Crippen molar-refractivity contribution in [3.05, 3.63) is 52.6 Å². The highest BCUT2D eigenvalue weighted by molar-refractivity contribution is 5.42. The lowest BCUT2D eigenvalue weighted by Gasteiger charge is -2.08. The molecular weight excluding hydrogens is 265 g/mol. The summed E-state index contributed by atoms with van der Waals surface area (Å²) in [5, 5.41) is 4.59. The average molecular weight is 285 g/mol. The van der Waals surface area contributed by atoms with Gasteiger partial charge in [0.15, 0.2) is 0 Å². The Kier molecular flexibility index (Phi) is 5.13. The van der Waals surface area contributed by atoms with Gasteiger partial charge in [-0.1, -0.05) is 31.8 Å². The lowest BCUT2D eigenvalue weighted by atomic mass is 10.1. The second kappa shape index (κ2) is 7.05. The van der Waals surface area contributed by atoms with Gasteiger partial charge in [-0.25, -0.2) is 4.39 Å². The van der Waals surface area contributed by atoms with E-state index in [1.807, 2.05) is 4.68 Å². The number of halogens is 1. The first-order valence-electron chi connectivity index (χ1n) is 7.20. The molecule has 0 aliphatic heterocycles. The Morgan fingerprint density at radius 2 is 2.05 bits per heavy atom. The maximum absolute atomic E-state index is 13.4. The van der Waals surface area contributed by atoms with Gasteiger partial charge in [-0.3, -0.25) is 4.68 Å². The Morgan fingerprint density at radius 1 is 1.24 bits per heavy atom. The zero-order valence-corrected chi connectivity index (χ0v) is 12.5. The van der Waals surface area contributed by atoms with Crippen LogP contribution < -0.4 is 5.73 Å². The van der Waals surface area contributed by atoms with Crippen LogP contribution in [0.5, 0.6) is 0 Å². The van der Waals surface area contributed by atoms with Crippen LogP contribution in [-0.2, 0) is 19.4 Å². The highest BCUT2D eigenvalue weighted by Crippen LogP contribution is 2.14. The van der Waals surface area contributed by atoms with Crippen molar-refractivity contribution in [1.29, 1.82) is 0 Å². The molecule has 0 radical (unpaired) electrons. The second-order valence-electron chi connectivity index (χ2n) is 4.80. The van der Waals surface area contributed by atoms with E-state index in [0.29, 0.717) is 12.1 Å². The molecule has 110 valence electrons. The van der Waals surface area contributed by atoms with Crippen molar-refractivity contribution in [3.8, 4) is 11.8 Å². The number of aromatic nitrogens is 2. The summed E-state index contributed by atoms with van der Waals surface area (Å²) in [5.41, 5.74) is 9.28. The monoisotopic (exact) mass is 285 g/mol. The van der Waals surface area contributed by atoms with Gasteiger partial charge >= 0.3 is 0 Å². The van der Waals surface area contributed by atoms with Crippen molar-refractivity contribution in [3.63, 3.8) is 0 Å². The van der Waals surface area contributed by atoms with Gasteiger partial charge in [0.1, 0.15) is 5.82 Å². The molecule has 0 amide bonds. The summed E-state index contributed by atoms with van der Waals surface area (Å²) in [5.74, 6) is 5.43. The second-order valence-corrected chi connectivity index (χ2v) is 4.80. The number of benzene rings is 1. The van der Waals surface area contributed by atoms with E-state index >= 15 is 0 Å². The Bertz CT molecular complexity index is 677. The summed E-state index contributed by atoms with van der Waals surface area (Å²) in [6, 6.07) is 6.80. The molecular formula is C17H20FN3. The van der Waals surface area contributed by atoms with Crippen molar-refractivity contribution < 1.29 is 4.39 Å². The lowest BCUT2D eigenvalue weighted by molar-refractivity contribution is 0.618. The summed E-state index contributed by atoms with van der Waals surface area (Å²) in [6.07, 6.45) is 1.82. The van der Waals surface area contributed by atoms with Crippen molar-refractivity contribution >= 4 is 0 Å². The fourth-order valence-corrected chi connectivity index (χ4v) is 2.22. The summed E-state index contributed by atoms with van der Waals surface area (Å²) in [7, 11) is 0. The van der Waals surface area contributed by atoms with Gasteiger partial charge in [-0.05, 0) is 36.6 Å². The molecule has 2 aromatic rings. The van der Waals surface area contributed by atoms with Crippen LogP contribution in [0.3, 0.4) is 0 Å². The molecule has 0 fully saturated rings.